The van der Waals surface area contributed by atoms with Crippen molar-refractivity contribution in [1.82, 2.24) is 0 Å². The van der Waals surface area contributed by atoms with Gasteiger partial charge in [-0.25, -0.2) is 0 Å². The molecule has 0 saturated carbocycles. The van der Waals surface area contributed by atoms with Gasteiger partial charge in [0, 0.05) is 0 Å². The Morgan fingerprint density at radius 1 is 1.36 bits per heavy atom. The number of hydrogen-bond donors (Lipinski definition) is 1. The van der Waals surface area contributed by atoms with Crippen LogP contribution < -0.4 is 0 Å². The number of carbonyl (C=O) groups is 1. The molecule has 0 amide bonds. The van der Waals surface area contributed by atoms with Gasteiger partial charge in [-0.15, -0.1) is 0 Å². The molecular formula is C11H20O3. The van der Waals surface area contributed by atoms with E-state index in [1.807, 2.05) is 19.9 Å². The number of esters is 1. The Kier molecular flexibility index (Phi) is 4.85. The van der Waals surface area contributed by atoms with Crippen molar-refractivity contribution in [2.24, 2.45) is 11.8 Å². The van der Waals surface area contributed by atoms with Crippen LogP contribution in [0, 0.1) is 11.8 Å². The molecule has 0 aromatic heterocycles. The van der Waals surface area contributed by atoms with Gasteiger partial charge in [0.15, 0.2) is 0 Å². The van der Waals surface area contributed by atoms with E-state index in [9.17, 15) is 9.90 Å². The summed E-state index contributed by atoms with van der Waals surface area (Å²) in [6.07, 6.45) is 3.59. The zero-order valence-electron chi connectivity index (χ0n) is 9.57. The number of rotatable bonds is 4. The van der Waals surface area contributed by atoms with Crippen LogP contribution in [0.3, 0.4) is 0 Å². The summed E-state index contributed by atoms with van der Waals surface area (Å²) in [5.41, 5.74) is -1.08. The molecule has 0 aromatic rings. The van der Waals surface area contributed by atoms with Gasteiger partial charge < -0.3 is 9.84 Å². The van der Waals surface area contributed by atoms with E-state index >= 15 is 0 Å². The van der Waals surface area contributed by atoms with E-state index in [0.717, 1.165) is 0 Å². The minimum absolute atomic E-state index is 0.351. The molecule has 0 radical (unpaired) electrons. The van der Waals surface area contributed by atoms with Crippen LogP contribution in [-0.2, 0) is 9.53 Å². The van der Waals surface area contributed by atoms with Gasteiger partial charge in [-0.1, -0.05) is 26.0 Å². The molecule has 0 aliphatic carbocycles. The summed E-state index contributed by atoms with van der Waals surface area (Å²) in [6, 6.07) is 0. The van der Waals surface area contributed by atoms with E-state index in [0.29, 0.717) is 5.92 Å². The summed E-state index contributed by atoms with van der Waals surface area (Å²) in [6.45, 7) is 7.21. The highest BCUT2D eigenvalue weighted by Crippen LogP contribution is 2.20. The number of aliphatic hydroxyl groups is 1. The summed E-state index contributed by atoms with van der Waals surface area (Å²) in [7, 11) is 1.32. The molecule has 3 heteroatoms. The Hall–Kier alpha value is -0.830. The lowest BCUT2D eigenvalue weighted by atomic mass is 9.90. The van der Waals surface area contributed by atoms with E-state index in [1.54, 1.807) is 19.9 Å². The summed E-state index contributed by atoms with van der Waals surface area (Å²) >= 11 is 0. The summed E-state index contributed by atoms with van der Waals surface area (Å²) in [4.78, 5) is 11.3. The number of allylic oxidation sites excluding steroid dienone is 1. The van der Waals surface area contributed by atoms with Gasteiger partial charge in [-0.05, 0) is 19.8 Å². The third kappa shape index (κ3) is 4.42. The Labute approximate surface area is 85.8 Å². The molecule has 0 bridgehead atoms. The third-order valence-electron chi connectivity index (χ3n) is 1.90. The zero-order valence-corrected chi connectivity index (χ0v) is 9.57. The number of methoxy groups -OCH3 is 1. The van der Waals surface area contributed by atoms with Gasteiger partial charge in [-0.2, -0.15) is 0 Å². The molecular weight excluding hydrogens is 180 g/mol. The molecule has 0 heterocycles. The van der Waals surface area contributed by atoms with Crippen LogP contribution in [-0.4, -0.2) is 23.8 Å². The Bertz CT molecular complexity index is 211. The van der Waals surface area contributed by atoms with Crippen LogP contribution in [0.25, 0.3) is 0 Å². The van der Waals surface area contributed by atoms with Crippen LogP contribution in [0.4, 0.5) is 0 Å². The van der Waals surface area contributed by atoms with Gasteiger partial charge in [0.2, 0.25) is 0 Å². The molecule has 0 spiro atoms. The van der Waals surface area contributed by atoms with Crippen LogP contribution in [0.15, 0.2) is 12.2 Å². The van der Waals surface area contributed by atoms with Crippen LogP contribution in [0.5, 0.6) is 0 Å². The van der Waals surface area contributed by atoms with Crippen LogP contribution in [0.2, 0.25) is 0 Å². The molecule has 0 rings (SSSR count). The van der Waals surface area contributed by atoms with Gasteiger partial charge in [0.1, 0.15) is 5.92 Å². The Morgan fingerprint density at radius 2 is 1.86 bits per heavy atom. The molecule has 82 valence electrons. The third-order valence-corrected chi connectivity index (χ3v) is 1.90. The van der Waals surface area contributed by atoms with Crippen molar-refractivity contribution in [3.63, 3.8) is 0 Å². The monoisotopic (exact) mass is 200 g/mol. The standard InChI is InChI=1S/C11H20O3/c1-8(2)6-7-9(10(12)14-5)11(3,4)13/h6-9,13H,1-5H3/b7-6+. The molecule has 1 unspecified atom stereocenters. The molecule has 3 nitrogen and oxygen atoms in total. The maximum Gasteiger partial charge on any atom is 0.315 e. The number of ether oxygens (including phenoxy) is 1. The Balaban J connectivity index is 4.66. The van der Waals surface area contributed by atoms with Crippen molar-refractivity contribution >= 4 is 5.97 Å². The van der Waals surface area contributed by atoms with Gasteiger partial charge in [0.25, 0.3) is 0 Å². The lowest BCUT2D eigenvalue weighted by molar-refractivity contribution is -0.150. The van der Waals surface area contributed by atoms with Crippen molar-refractivity contribution in [3.8, 4) is 0 Å². The van der Waals surface area contributed by atoms with Crippen molar-refractivity contribution in [3.05, 3.63) is 12.2 Å². The molecule has 14 heavy (non-hydrogen) atoms. The van der Waals surface area contributed by atoms with Gasteiger partial charge >= 0.3 is 5.97 Å². The smallest absolute Gasteiger partial charge is 0.315 e. The second-order valence-corrected chi connectivity index (χ2v) is 4.28. The topological polar surface area (TPSA) is 46.5 Å². The summed E-state index contributed by atoms with van der Waals surface area (Å²) in [5, 5.41) is 9.74. The first kappa shape index (κ1) is 13.2. The highest BCUT2D eigenvalue weighted by Gasteiger charge is 2.31. The van der Waals surface area contributed by atoms with E-state index in [2.05, 4.69) is 4.74 Å². The first-order valence-corrected chi connectivity index (χ1v) is 4.77. The highest BCUT2D eigenvalue weighted by molar-refractivity contribution is 5.75. The molecule has 0 aromatic carbocycles. The van der Waals surface area contributed by atoms with E-state index in [1.165, 1.54) is 7.11 Å². The Morgan fingerprint density at radius 3 is 2.14 bits per heavy atom. The lowest BCUT2D eigenvalue weighted by Gasteiger charge is -2.24. The zero-order chi connectivity index (χ0) is 11.4. The number of carbonyl (C=O) groups excluding carboxylic acids is 1. The maximum atomic E-state index is 11.3. The van der Waals surface area contributed by atoms with Crippen molar-refractivity contribution < 1.29 is 14.6 Å². The fraction of sp³-hybridized carbons (Fsp3) is 0.727. The predicted molar refractivity (Wildman–Crippen MR) is 55.8 cm³/mol. The second kappa shape index (κ2) is 5.15. The van der Waals surface area contributed by atoms with Gasteiger partial charge in [0.05, 0.1) is 12.7 Å². The lowest BCUT2D eigenvalue weighted by Crippen LogP contribution is -2.36. The quantitative estimate of drug-likeness (QED) is 0.555. The van der Waals surface area contributed by atoms with Crippen molar-refractivity contribution in [2.45, 2.75) is 33.3 Å². The SMILES string of the molecule is COC(=O)C(/C=C/C(C)C)C(C)(C)O. The largest absolute Gasteiger partial charge is 0.468 e. The van der Waals surface area contributed by atoms with Crippen molar-refractivity contribution in [2.75, 3.05) is 7.11 Å². The first-order valence-electron chi connectivity index (χ1n) is 4.77. The number of hydrogen-bond acceptors (Lipinski definition) is 3. The molecule has 0 saturated heterocycles. The maximum absolute atomic E-state index is 11.3. The summed E-state index contributed by atoms with van der Waals surface area (Å²) < 4.78 is 4.62. The van der Waals surface area contributed by atoms with Crippen LogP contribution >= 0.6 is 0 Å². The minimum Gasteiger partial charge on any atom is -0.468 e. The predicted octanol–water partition coefficient (Wildman–Crippen LogP) is 1.76. The molecule has 0 aliphatic rings. The van der Waals surface area contributed by atoms with E-state index in [-0.39, 0.29) is 0 Å². The highest BCUT2D eigenvalue weighted by atomic mass is 16.5. The van der Waals surface area contributed by atoms with Crippen LogP contribution in [0.1, 0.15) is 27.7 Å². The fourth-order valence-corrected chi connectivity index (χ4v) is 1.06. The van der Waals surface area contributed by atoms with E-state index in [4.69, 9.17) is 0 Å². The summed E-state index contributed by atoms with van der Waals surface area (Å²) in [5.74, 6) is -0.659. The van der Waals surface area contributed by atoms with Gasteiger partial charge in [-0.3, -0.25) is 4.79 Å². The van der Waals surface area contributed by atoms with Crippen molar-refractivity contribution in [1.29, 1.82) is 0 Å². The molecule has 0 fully saturated rings. The first-order chi connectivity index (χ1) is 6.29. The molecule has 0 aliphatic heterocycles. The average molecular weight is 200 g/mol. The molecule has 1 N–H and O–H groups in total. The fourth-order valence-electron chi connectivity index (χ4n) is 1.06. The molecule has 1 atom stereocenters. The van der Waals surface area contributed by atoms with E-state index < -0.39 is 17.5 Å². The average Bonchev–Trinajstić information content (AvgIpc) is 2.01. The minimum atomic E-state index is -1.08. The second-order valence-electron chi connectivity index (χ2n) is 4.28. The normalized spacial score (nSPS) is 14.8.